The van der Waals surface area contributed by atoms with Crippen molar-refractivity contribution in [3.63, 3.8) is 0 Å². The Bertz CT molecular complexity index is 1090. The van der Waals surface area contributed by atoms with Gasteiger partial charge in [0.15, 0.2) is 0 Å². The summed E-state index contributed by atoms with van der Waals surface area (Å²) >= 11 is 0. The van der Waals surface area contributed by atoms with E-state index in [0.717, 1.165) is 54.2 Å². The van der Waals surface area contributed by atoms with Crippen molar-refractivity contribution in [3.8, 4) is 0 Å². The van der Waals surface area contributed by atoms with E-state index in [1.54, 1.807) is 0 Å². The van der Waals surface area contributed by atoms with Gasteiger partial charge in [0.25, 0.3) is 0 Å². The number of anilines is 1. The highest BCUT2D eigenvalue weighted by atomic mass is 16.3. The number of aromatic nitrogens is 2. The number of amides is 1. The molecule has 0 bridgehead atoms. The second-order valence-corrected chi connectivity index (χ2v) is 12.7. The Labute approximate surface area is 203 Å². The minimum Gasteiger partial charge on any atom is -0.390 e. The lowest BCUT2D eigenvalue weighted by Gasteiger charge is -2.52. The highest BCUT2D eigenvalue weighted by Gasteiger charge is 2.58. The van der Waals surface area contributed by atoms with E-state index in [4.69, 9.17) is 0 Å². The first kappa shape index (κ1) is 22.6. The summed E-state index contributed by atoms with van der Waals surface area (Å²) in [6.45, 7) is 6.46. The third-order valence-electron chi connectivity index (χ3n) is 10.7. The SMILES string of the molecule is Cc1nc2ccccn2c1NC(=O)[C@H]1CC[C@H]2[C@H]3CCCC4C[C@](C)(O)CC[C@@H]4[C@H]3CC[C@]12C. The fourth-order valence-electron chi connectivity index (χ4n) is 9.19. The predicted octanol–water partition coefficient (Wildman–Crippen LogP) is 5.99. The van der Waals surface area contributed by atoms with Crippen LogP contribution in [0.4, 0.5) is 5.82 Å². The molecule has 5 nitrogen and oxygen atoms in total. The molecule has 1 unspecified atom stereocenters. The van der Waals surface area contributed by atoms with Crippen molar-refractivity contribution < 1.29 is 9.90 Å². The molecule has 5 heteroatoms. The molecule has 2 aromatic rings. The number of nitrogens with zero attached hydrogens (tertiary/aromatic N) is 2. The zero-order valence-corrected chi connectivity index (χ0v) is 21.1. The second-order valence-electron chi connectivity index (χ2n) is 12.7. The predicted molar refractivity (Wildman–Crippen MR) is 134 cm³/mol. The lowest BCUT2D eigenvalue weighted by atomic mass is 9.53. The van der Waals surface area contributed by atoms with Crippen LogP contribution in [-0.2, 0) is 4.79 Å². The molecule has 6 rings (SSSR count). The lowest BCUT2D eigenvalue weighted by molar-refractivity contribution is -0.126. The monoisotopic (exact) mass is 463 g/mol. The van der Waals surface area contributed by atoms with Crippen molar-refractivity contribution >= 4 is 17.4 Å². The van der Waals surface area contributed by atoms with Crippen LogP contribution in [0.5, 0.6) is 0 Å². The van der Waals surface area contributed by atoms with Crippen LogP contribution in [0, 0.1) is 47.8 Å². The van der Waals surface area contributed by atoms with Crippen LogP contribution in [0.3, 0.4) is 0 Å². The molecular weight excluding hydrogens is 422 g/mol. The van der Waals surface area contributed by atoms with E-state index >= 15 is 0 Å². The van der Waals surface area contributed by atoms with Crippen molar-refractivity contribution in [2.45, 2.75) is 90.6 Å². The topological polar surface area (TPSA) is 66.6 Å². The molecule has 8 atom stereocenters. The van der Waals surface area contributed by atoms with Crippen LogP contribution < -0.4 is 5.32 Å². The van der Waals surface area contributed by atoms with Crippen LogP contribution in [0.15, 0.2) is 24.4 Å². The van der Waals surface area contributed by atoms with Gasteiger partial charge in [-0.3, -0.25) is 9.20 Å². The van der Waals surface area contributed by atoms with E-state index in [-0.39, 0.29) is 17.2 Å². The van der Waals surface area contributed by atoms with Crippen molar-refractivity contribution in [3.05, 3.63) is 30.1 Å². The second kappa shape index (κ2) is 8.08. The maximum atomic E-state index is 13.7. The summed E-state index contributed by atoms with van der Waals surface area (Å²) in [4.78, 5) is 18.4. The molecule has 34 heavy (non-hydrogen) atoms. The van der Waals surface area contributed by atoms with Gasteiger partial charge in [-0.05, 0) is 112 Å². The molecule has 0 spiro atoms. The molecule has 0 aliphatic heterocycles. The molecular formula is C29H41N3O2. The third kappa shape index (κ3) is 3.53. The molecule has 4 saturated carbocycles. The van der Waals surface area contributed by atoms with Gasteiger partial charge >= 0.3 is 0 Å². The lowest BCUT2D eigenvalue weighted by Crippen LogP contribution is -2.47. The number of carbonyl (C=O) groups excluding carboxylic acids is 1. The number of aliphatic hydroxyl groups is 1. The van der Waals surface area contributed by atoms with E-state index in [1.807, 2.05) is 35.7 Å². The molecule has 2 aromatic heterocycles. The molecule has 4 aliphatic rings. The minimum atomic E-state index is -0.462. The molecule has 0 saturated heterocycles. The number of hydrogen-bond donors (Lipinski definition) is 2. The fraction of sp³-hybridized carbons (Fsp3) is 0.724. The van der Waals surface area contributed by atoms with E-state index in [9.17, 15) is 9.90 Å². The Morgan fingerprint density at radius 1 is 1.06 bits per heavy atom. The summed E-state index contributed by atoms with van der Waals surface area (Å²) in [6, 6.07) is 5.96. The third-order valence-corrected chi connectivity index (χ3v) is 10.7. The quantitative estimate of drug-likeness (QED) is 0.575. The fourth-order valence-corrected chi connectivity index (χ4v) is 9.19. The normalized spacial score (nSPS) is 41.9. The Balaban J connectivity index is 1.23. The molecule has 4 aliphatic carbocycles. The summed E-state index contributed by atoms with van der Waals surface area (Å²) in [7, 11) is 0. The number of carbonyl (C=O) groups is 1. The van der Waals surface area contributed by atoms with E-state index in [2.05, 4.69) is 24.1 Å². The minimum absolute atomic E-state index is 0.0817. The van der Waals surface area contributed by atoms with Gasteiger partial charge < -0.3 is 10.4 Å². The van der Waals surface area contributed by atoms with Gasteiger partial charge in [0.05, 0.1) is 11.3 Å². The van der Waals surface area contributed by atoms with Gasteiger partial charge in [-0.25, -0.2) is 4.98 Å². The Morgan fingerprint density at radius 2 is 1.88 bits per heavy atom. The van der Waals surface area contributed by atoms with E-state index < -0.39 is 5.60 Å². The summed E-state index contributed by atoms with van der Waals surface area (Å²) in [5, 5.41) is 14.0. The van der Waals surface area contributed by atoms with Gasteiger partial charge in [0.1, 0.15) is 11.5 Å². The standard InChI is InChI=1S/C29H41N3O2/c1-18-26(32-16-5-4-9-25(32)30-18)31-27(33)24-11-10-23-22-8-6-7-19-17-28(2,34)14-12-20(19)21(22)13-15-29(23,24)3/h4-5,9,16,19-24,34H,6-8,10-15,17H2,1-3H3,(H,31,33)/t19?,20-,21+,22-,23-,24+,28+,29-/m0/s1. The largest absolute Gasteiger partial charge is 0.390 e. The first-order valence-corrected chi connectivity index (χ1v) is 13.7. The average molecular weight is 464 g/mol. The number of nitrogens with one attached hydrogen (secondary N) is 1. The molecule has 0 radical (unpaired) electrons. The molecule has 2 N–H and O–H groups in total. The average Bonchev–Trinajstić information content (AvgIpc) is 3.24. The molecule has 0 aromatic carbocycles. The Hall–Kier alpha value is -1.88. The van der Waals surface area contributed by atoms with Gasteiger partial charge in [0.2, 0.25) is 5.91 Å². The molecule has 184 valence electrons. The van der Waals surface area contributed by atoms with Gasteiger partial charge in [-0.2, -0.15) is 0 Å². The van der Waals surface area contributed by atoms with Crippen LogP contribution in [0.1, 0.15) is 83.7 Å². The summed E-state index contributed by atoms with van der Waals surface area (Å²) in [5.41, 5.74) is 1.40. The van der Waals surface area contributed by atoms with Crippen molar-refractivity contribution in [1.29, 1.82) is 0 Å². The maximum absolute atomic E-state index is 13.7. The van der Waals surface area contributed by atoms with Crippen LogP contribution in [0.25, 0.3) is 5.65 Å². The Morgan fingerprint density at radius 3 is 2.74 bits per heavy atom. The van der Waals surface area contributed by atoms with Gasteiger partial charge in [-0.1, -0.05) is 25.8 Å². The number of aryl methyl sites for hydroxylation is 1. The smallest absolute Gasteiger partial charge is 0.229 e. The highest BCUT2D eigenvalue weighted by Crippen LogP contribution is 2.63. The van der Waals surface area contributed by atoms with Crippen molar-refractivity contribution in [1.82, 2.24) is 9.38 Å². The first-order valence-electron chi connectivity index (χ1n) is 13.7. The zero-order chi connectivity index (χ0) is 23.7. The van der Waals surface area contributed by atoms with Crippen LogP contribution in [-0.4, -0.2) is 26.0 Å². The first-order chi connectivity index (χ1) is 16.3. The van der Waals surface area contributed by atoms with Gasteiger partial charge in [-0.15, -0.1) is 0 Å². The van der Waals surface area contributed by atoms with Crippen molar-refractivity contribution in [2.75, 3.05) is 5.32 Å². The van der Waals surface area contributed by atoms with Gasteiger partial charge in [0, 0.05) is 12.1 Å². The van der Waals surface area contributed by atoms with Crippen molar-refractivity contribution in [2.24, 2.45) is 40.9 Å². The van der Waals surface area contributed by atoms with Crippen LogP contribution >= 0.6 is 0 Å². The zero-order valence-electron chi connectivity index (χ0n) is 21.1. The highest BCUT2D eigenvalue weighted by molar-refractivity contribution is 5.93. The number of pyridine rings is 1. The van der Waals surface area contributed by atoms with Crippen LogP contribution in [0.2, 0.25) is 0 Å². The van der Waals surface area contributed by atoms with E-state index in [0.29, 0.717) is 11.8 Å². The van der Waals surface area contributed by atoms with E-state index in [1.165, 1.54) is 44.9 Å². The maximum Gasteiger partial charge on any atom is 0.229 e. The summed E-state index contributed by atoms with van der Waals surface area (Å²) in [5.74, 6) is 4.79. The number of hydrogen-bond acceptors (Lipinski definition) is 3. The number of imidazole rings is 1. The molecule has 4 fully saturated rings. The molecule has 1 amide bonds. The molecule has 2 heterocycles. The number of fused-ring (bicyclic) bond motifs is 6. The Kier molecular flexibility index (Phi) is 5.36. The number of rotatable bonds is 2. The summed E-state index contributed by atoms with van der Waals surface area (Å²) < 4.78 is 2.00. The summed E-state index contributed by atoms with van der Waals surface area (Å²) in [6.07, 6.45) is 13.7.